The number of carbonyl (C=O) groups is 1. The Kier molecular flexibility index (Phi) is 8.78. The van der Waals surface area contributed by atoms with Crippen molar-refractivity contribution in [1.29, 1.82) is 0 Å². The van der Waals surface area contributed by atoms with Gasteiger partial charge in [0.15, 0.2) is 0 Å². The number of amides is 1. The third-order valence-corrected chi connectivity index (χ3v) is 9.21. The molecule has 3 rings (SSSR count). The van der Waals surface area contributed by atoms with Crippen molar-refractivity contribution in [3.63, 3.8) is 0 Å². The summed E-state index contributed by atoms with van der Waals surface area (Å²) in [6.07, 6.45) is 0. The summed E-state index contributed by atoms with van der Waals surface area (Å²) >= 11 is 6.08. The van der Waals surface area contributed by atoms with E-state index in [2.05, 4.69) is 14.9 Å². The van der Waals surface area contributed by atoms with Crippen molar-refractivity contribution < 1.29 is 26.4 Å². The molecule has 0 spiro atoms. The lowest BCUT2D eigenvalue weighted by atomic mass is 10.3. The Morgan fingerprint density at radius 3 is 2.20 bits per heavy atom. The molecule has 2 aromatic carbocycles. The van der Waals surface area contributed by atoms with Crippen LogP contribution >= 0.6 is 11.6 Å². The number of carbonyl (C=O) groups excluding carboxylic acids is 1. The van der Waals surface area contributed by atoms with E-state index in [1.807, 2.05) is 7.05 Å². The average Bonchev–Trinajstić information content (AvgIpc) is 2.80. The zero-order valence-corrected chi connectivity index (χ0v) is 22.1. The number of anilines is 1. The van der Waals surface area contributed by atoms with Gasteiger partial charge in [-0.15, -0.1) is 0 Å². The van der Waals surface area contributed by atoms with Crippen molar-refractivity contribution in [3.8, 4) is 5.75 Å². The minimum absolute atomic E-state index is 0.107. The van der Waals surface area contributed by atoms with Crippen LogP contribution in [0.15, 0.2) is 52.3 Å². The number of rotatable bonds is 9. The summed E-state index contributed by atoms with van der Waals surface area (Å²) in [7, 11) is -5.72. The summed E-state index contributed by atoms with van der Waals surface area (Å²) in [5, 5.41) is 2.73. The normalized spacial score (nSPS) is 16.6. The molecule has 2 aromatic rings. The van der Waals surface area contributed by atoms with E-state index < -0.39 is 32.0 Å². The molecule has 1 aliphatic heterocycles. The molecule has 0 aromatic heterocycles. The van der Waals surface area contributed by atoms with Crippen LogP contribution in [0.1, 0.15) is 13.8 Å². The van der Waals surface area contributed by atoms with Crippen LogP contribution in [-0.2, 0) is 24.8 Å². The van der Waals surface area contributed by atoms with Gasteiger partial charge in [0, 0.05) is 31.9 Å². The smallest absolute Gasteiger partial charge is 0.243 e. The predicted molar refractivity (Wildman–Crippen MR) is 134 cm³/mol. The number of likely N-dealkylation sites (N-methyl/N-ethyl adjacent to an activating group) is 1. The Morgan fingerprint density at radius 2 is 1.63 bits per heavy atom. The lowest BCUT2D eigenvalue weighted by Crippen LogP contribution is -2.47. The quantitative estimate of drug-likeness (QED) is 0.494. The maximum atomic E-state index is 12.8. The van der Waals surface area contributed by atoms with E-state index in [1.165, 1.54) is 53.7 Å². The molecule has 35 heavy (non-hydrogen) atoms. The second kappa shape index (κ2) is 11.2. The maximum Gasteiger partial charge on any atom is 0.243 e. The van der Waals surface area contributed by atoms with Crippen LogP contribution in [0.25, 0.3) is 0 Å². The molecule has 0 radical (unpaired) electrons. The molecular formula is C22H29ClN4O6S2. The summed E-state index contributed by atoms with van der Waals surface area (Å²) in [4.78, 5) is 14.7. The first-order valence-electron chi connectivity index (χ1n) is 11.0. The van der Waals surface area contributed by atoms with Gasteiger partial charge in [0.05, 0.1) is 27.5 Å². The van der Waals surface area contributed by atoms with Crippen LogP contribution < -0.4 is 14.8 Å². The van der Waals surface area contributed by atoms with Crippen LogP contribution in [0, 0.1) is 0 Å². The molecule has 1 saturated heterocycles. The van der Waals surface area contributed by atoms with Crippen molar-refractivity contribution in [2.24, 2.45) is 0 Å². The second-order valence-electron chi connectivity index (χ2n) is 8.09. The molecule has 1 heterocycles. The first-order valence-corrected chi connectivity index (χ1v) is 14.3. The van der Waals surface area contributed by atoms with Gasteiger partial charge in [-0.25, -0.2) is 16.8 Å². The highest BCUT2D eigenvalue weighted by Gasteiger charge is 2.28. The topological polar surface area (TPSA) is 125 Å². The summed E-state index contributed by atoms with van der Waals surface area (Å²) in [6.45, 7) is 5.69. The highest BCUT2D eigenvalue weighted by molar-refractivity contribution is 7.89. The zero-order valence-electron chi connectivity index (χ0n) is 19.7. The Hall–Kier alpha value is -2.22. The molecular weight excluding hydrogens is 516 g/mol. The summed E-state index contributed by atoms with van der Waals surface area (Å²) < 4.78 is 60.1. The SMILES string of the molecule is CCOc1ccc(S(=O)(=O)NC(C)C(=O)Nc2ccc(S(=O)(=O)N3CCN(C)CC3)cc2)cc1Cl. The Balaban J connectivity index is 1.63. The number of hydrogen-bond donors (Lipinski definition) is 2. The molecule has 0 saturated carbocycles. The van der Waals surface area contributed by atoms with Crippen LogP contribution in [-0.4, -0.2) is 77.8 Å². The Morgan fingerprint density at radius 1 is 1.03 bits per heavy atom. The number of piperazine rings is 1. The van der Waals surface area contributed by atoms with Crippen molar-refractivity contribution in [1.82, 2.24) is 13.9 Å². The number of halogens is 1. The lowest BCUT2D eigenvalue weighted by Gasteiger charge is -2.31. The summed E-state index contributed by atoms with van der Waals surface area (Å²) in [6, 6.07) is 8.69. The number of ether oxygens (including phenoxy) is 1. The van der Waals surface area contributed by atoms with Gasteiger partial charge in [-0.1, -0.05) is 11.6 Å². The molecule has 1 amide bonds. The monoisotopic (exact) mass is 544 g/mol. The van der Waals surface area contributed by atoms with E-state index in [9.17, 15) is 21.6 Å². The maximum absolute atomic E-state index is 12.8. The lowest BCUT2D eigenvalue weighted by molar-refractivity contribution is -0.117. The Labute approximate surface area is 211 Å². The van der Waals surface area contributed by atoms with E-state index in [1.54, 1.807) is 6.92 Å². The van der Waals surface area contributed by atoms with Gasteiger partial charge in [0.2, 0.25) is 26.0 Å². The molecule has 1 aliphatic rings. The second-order valence-corrected chi connectivity index (χ2v) is 12.1. The van der Waals surface area contributed by atoms with E-state index in [4.69, 9.17) is 16.3 Å². The first-order chi connectivity index (χ1) is 16.4. The van der Waals surface area contributed by atoms with Crippen LogP contribution in [0.5, 0.6) is 5.75 Å². The van der Waals surface area contributed by atoms with E-state index >= 15 is 0 Å². The summed E-state index contributed by atoms with van der Waals surface area (Å²) in [5.74, 6) is -0.253. The molecule has 0 aliphatic carbocycles. The van der Waals surface area contributed by atoms with Crippen LogP contribution in [0.2, 0.25) is 5.02 Å². The molecule has 10 nitrogen and oxygen atoms in total. The highest BCUT2D eigenvalue weighted by Crippen LogP contribution is 2.27. The minimum atomic E-state index is -4.03. The Bertz CT molecular complexity index is 1260. The first kappa shape index (κ1) is 27.4. The fourth-order valence-electron chi connectivity index (χ4n) is 3.41. The third-order valence-electron chi connectivity index (χ3n) is 5.46. The predicted octanol–water partition coefficient (Wildman–Crippen LogP) is 1.98. The number of sulfonamides is 2. The number of nitrogens with zero attached hydrogens (tertiary/aromatic N) is 2. The number of nitrogens with one attached hydrogen (secondary N) is 2. The molecule has 1 fully saturated rings. The van der Waals surface area contributed by atoms with Gasteiger partial charge < -0.3 is 15.0 Å². The fraction of sp³-hybridized carbons (Fsp3) is 0.409. The third kappa shape index (κ3) is 6.72. The average molecular weight is 545 g/mol. The number of hydrogen-bond acceptors (Lipinski definition) is 7. The fourth-order valence-corrected chi connectivity index (χ4v) is 6.36. The van der Waals surface area contributed by atoms with E-state index in [-0.39, 0.29) is 14.8 Å². The van der Waals surface area contributed by atoms with Gasteiger partial charge in [0.1, 0.15) is 5.75 Å². The van der Waals surface area contributed by atoms with Gasteiger partial charge in [0.25, 0.3) is 0 Å². The summed E-state index contributed by atoms with van der Waals surface area (Å²) in [5.41, 5.74) is 0.336. The van der Waals surface area contributed by atoms with Gasteiger partial charge in [-0.2, -0.15) is 9.03 Å². The highest BCUT2D eigenvalue weighted by atomic mass is 35.5. The molecule has 1 unspecified atom stereocenters. The minimum Gasteiger partial charge on any atom is -0.492 e. The molecule has 13 heteroatoms. The van der Waals surface area contributed by atoms with E-state index in [0.717, 1.165) is 0 Å². The van der Waals surface area contributed by atoms with Crippen LogP contribution in [0.4, 0.5) is 5.69 Å². The largest absolute Gasteiger partial charge is 0.492 e. The zero-order chi connectivity index (χ0) is 25.8. The molecule has 192 valence electrons. The molecule has 0 bridgehead atoms. The number of benzene rings is 2. The van der Waals surface area contributed by atoms with Crippen molar-refractivity contribution in [2.45, 2.75) is 29.7 Å². The van der Waals surface area contributed by atoms with Gasteiger partial charge in [-0.05, 0) is 63.4 Å². The van der Waals surface area contributed by atoms with E-state index in [0.29, 0.717) is 44.2 Å². The molecule has 1 atom stereocenters. The van der Waals surface area contributed by atoms with Gasteiger partial charge in [-0.3, -0.25) is 4.79 Å². The molecule has 2 N–H and O–H groups in total. The van der Waals surface area contributed by atoms with Crippen molar-refractivity contribution in [3.05, 3.63) is 47.5 Å². The van der Waals surface area contributed by atoms with Gasteiger partial charge >= 0.3 is 0 Å². The van der Waals surface area contributed by atoms with Crippen LogP contribution in [0.3, 0.4) is 0 Å². The standard InChI is InChI=1S/C22H29ClN4O6S2/c1-4-33-21-10-9-19(15-20(21)23)34(29,30)25-16(2)22(28)24-17-5-7-18(8-6-17)35(31,32)27-13-11-26(3)12-14-27/h5-10,15-16,25H,4,11-14H2,1-3H3,(H,24,28). The van der Waals surface area contributed by atoms with Crippen molar-refractivity contribution >= 4 is 43.2 Å². The van der Waals surface area contributed by atoms with Crippen molar-refractivity contribution in [2.75, 3.05) is 45.2 Å².